The van der Waals surface area contributed by atoms with Crippen molar-refractivity contribution in [3.63, 3.8) is 0 Å². The Morgan fingerprint density at radius 1 is 1.00 bits per heavy atom. The van der Waals surface area contributed by atoms with Crippen LogP contribution in [-0.2, 0) is 16.6 Å². The maximum atomic E-state index is 13.1. The third-order valence-electron chi connectivity index (χ3n) is 3.80. The first-order valence-corrected chi connectivity index (χ1v) is 9.66. The summed E-state index contributed by atoms with van der Waals surface area (Å²) in [5, 5.41) is 0. The molecule has 3 aromatic rings. The summed E-state index contributed by atoms with van der Waals surface area (Å²) in [6.07, 6.45) is 3.23. The van der Waals surface area contributed by atoms with E-state index in [-0.39, 0.29) is 11.4 Å². The Morgan fingerprint density at radius 3 is 2.37 bits per heavy atom. The van der Waals surface area contributed by atoms with Crippen molar-refractivity contribution < 1.29 is 13.2 Å². The van der Waals surface area contributed by atoms with Crippen LogP contribution in [0.25, 0.3) is 0 Å². The van der Waals surface area contributed by atoms with Crippen molar-refractivity contribution in [2.45, 2.75) is 11.4 Å². The summed E-state index contributed by atoms with van der Waals surface area (Å²) in [6.45, 7) is 0.141. The highest BCUT2D eigenvalue weighted by molar-refractivity contribution is 7.89. The highest BCUT2D eigenvalue weighted by Gasteiger charge is 2.22. The molecular formula is C21H18N2O3S. The summed E-state index contributed by atoms with van der Waals surface area (Å²) in [5.41, 5.74) is 1.48. The van der Waals surface area contributed by atoms with Gasteiger partial charge in [-0.15, -0.1) is 0 Å². The summed E-state index contributed by atoms with van der Waals surface area (Å²) < 4.78 is 32.5. The van der Waals surface area contributed by atoms with E-state index in [4.69, 9.17) is 4.74 Å². The number of hydrogen-bond acceptors (Lipinski definition) is 4. The van der Waals surface area contributed by atoms with Gasteiger partial charge in [-0.1, -0.05) is 30.3 Å². The summed E-state index contributed by atoms with van der Waals surface area (Å²) in [5.74, 6) is 3.46. The van der Waals surface area contributed by atoms with Crippen molar-refractivity contribution in [3.05, 3.63) is 90.3 Å². The zero-order valence-corrected chi connectivity index (χ0v) is 15.6. The first-order chi connectivity index (χ1) is 13.1. The third kappa shape index (κ3) is 4.66. The second-order valence-electron chi connectivity index (χ2n) is 5.65. The number of methoxy groups -OCH3 is 1. The minimum Gasteiger partial charge on any atom is -0.497 e. The first kappa shape index (κ1) is 18.5. The molecule has 0 saturated carbocycles. The first-order valence-electron chi connectivity index (χ1n) is 8.22. The number of ether oxygens (including phenoxy) is 1. The van der Waals surface area contributed by atoms with E-state index in [1.807, 2.05) is 30.3 Å². The van der Waals surface area contributed by atoms with Gasteiger partial charge in [0.15, 0.2) is 0 Å². The maximum Gasteiger partial charge on any atom is 0.271 e. The fourth-order valence-corrected chi connectivity index (χ4v) is 3.59. The van der Waals surface area contributed by atoms with E-state index in [9.17, 15) is 8.42 Å². The zero-order valence-electron chi connectivity index (χ0n) is 14.7. The summed E-state index contributed by atoms with van der Waals surface area (Å²) >= 11 is 0. The molecule has 0 atom stereocenters. The monoisotopic (exact) mass is 378 g/mol. The lowest BCUT2D eigenvalue weighted by Gasteiger charge is -2.18. The topological polar surface area (TPSA) is 59.5 Å². The maximum absolute atomic E-state index is 13.1. The minimum absolute atomic E-state index is 0.141. The Kier molecular flexibility index (Phi) is 5.74. The normalized spacial score (nSPS) is 10.6. The van der Waals surface area contributed by atoms with Crippen LogP contribution in [0.5, 0.6) is 5.75 Å². The van der Waals surface area contributed by atoms with Crippen LogP contribution < -0.4 is 4.74 Å². The zero-order chi connectivity index (χ0) is 19.1. The number of rotatable bonds is 5. The van der Waals surface area contributed by atoms with E-state index in [2.05, 4.69) is 16.9 Å². The van der Waals surface area contributed by atoms with Crippen molar-refractivity contribution in [1.29, 1.82) is 0 Å². The van der Waals surface area contributed by atoms with Gasteiger partial charge in [0, 0.05) is 24.0 Å². The highest BCUT2D eigenvalue weighted by atomic mass is 32.2. The highest BCUT2D eigenvalue weighted by Crippen LogP contribution is 2.21. The molecule has 0 spiro atoms. The van der Waals surface area contributed by atoms with E-state index in [1.165, 1.54) is 19.2 Å². The third-order valence-corrected chi connectivity index (χ3v) is 5.47. The van der Waals surface area contributed by atoms with Crippen molar-refractivity contribution in [1.82, 2.24) is 9.29 Å². The lowest BCUT2D eigenvalue weighted by Crippen LogP contribution is -2.26. The predicted octanol–water partition coefficient (Wildman–Crippen LogP) is 3.29. The Labute approximate surface area is 159 Å². The lowest BCUT2D eigenvalue weighted by atomic mass is 10.2. The lowest BCUT2D eigenvalue weighted by molar-refractivity contribution is 0.414. The molecule has 0 saturated heterocycles. The molecule has 0 radical (unpaired) electrons. The fourth-order valence-electron chi connectivity index (χ4n) is 2.37. The molecule has 0 aliphatic rings. The molecule has 0 aliphatic carbocycles. The second kappa shape index (κ2) is 8.39. The van der Waals surface area contributed by atoms with E-state index < -0.39 is 10.0 Å². The minimum atomic E-state index is -3.81. The van der Waals surface area contributed by atoms with Crippen molar-refractivity contribution in [2.24, 2.45) is 0 Å². The fraction of sp³-hybridized carbons (Fsp3) is 0.0952. The molecule has 0 amide bonds. The summed E-state index contributed by atoms with van der Waals surface area (Å²) in [7, 11) is -2.28. The van der Waals surface area contributed by atoms with Crippen LogP contribution in [0.2, 0.25) is 0 Å². The quantitative estimate of drug-likeness (QED) is 0.505. The Hall–Kier alpha value is -3.30. The molecule has 5 nitrogen and oxygen atoms in total. The van der Waals surface area contributed by atoms with E-state index >= 15 is 0 Å². The van der Waals surface area contributed by atoms with Gasteiger partial charge in [0.2, 0.25) is 0 Å². The van der Waals surface area contributed by atoms with E-state index in [0.29, 0.717) is 11.3 Å². The van der Waals surface area contributed by atoms with Crippen LogP contribution in [0.3, 0.4) is 0 Å². The molecular weight excluding hydrogens is 360 g/mol. The van der Waals surface area contributed by atoms with Gasteiger partial charge in [0.05, 0.1) is 18.6 Å². The largest absolute Gasteiger partial charge is 0.497 e. The van der Waals surface area contributed by atoms with E-state index in [1.54, 1.807) is 36.7 Å². The molecule has 3 rings (SSSR count). The molecule has 136 valence electrons. The van der Waals surface area contributed by atoms with Gasteiger partial charge in [-0.3, -0.25) is 4.98 Å². The van der Waals surface area contributed by atoms with Crippen molar-refractivity contribution in [2.75, 3.05) is 7.11 Å². The number of benzene rings is 2. The predicted molar refractivity (Wildman–Crippen MR) is 103 cm³/mol. The molecule has 0 fully saturated rings. The molecule has 2 aromatic carbocycles. The number of sulfonamides is 1. The van der Waals surface area contributed by atoms with Crippen LogP contribution >= 0.6 is 0 Å². The molecule has 1 heterocycles. The van der Waals surface area contributed by atoms with Gasteiger partial charge >= 0.3 is 0 Å². The van der Waals surface area contributed by atoms with Crippen molar-refractivity contribution >= 4 is 10.0 Å². The SMILES string of the molecule is COc1ccc(S(=O)(=O)N(C#Cc2cccnc2)Cc2ccccc2)cc1. The van der Waals surface area contributed by atoms with Gasteiger partial charge in [0.25, 0.3) is 10.0 Å². The van der Waals surface area contributed by atoms with Crippen LogP contribution in [0.1, 0.15) is 11.1 Å². The van der Waals surface area contributed by atoms with Crippen LogP contribution in [0.4, 0.5) is 0 Å². The average molecular weight is 378 g/mol. The smallest absolute Gasteiger partial charge is 0.271 e. The van der Waals surface area contributed by atoms with Gasteiger partial charge in [0.1, 0.15) is 5.75 Å². The molecule has 0 aliphatic heterocycles. The summed E-state index contributed by atoms with van der Waals surface area (Å²) in [4.78, 5) is 4.15. The molecule has 0 N–H and O–H groups in total. The molecule has 1 aromatic heterocycles. The van der Waals surface area contributed by atoms with Gasteiger partial charge < -0.3 is 4.74 Å². The molecule has 27 heavy (non-hydrogen) atoms. The molecule has 0 unspecified atom stereocenters. The number of aromatic nitrogens is 1. The second-order valence-corrected chi connectivity index (χ2v) is 7.51. The Balaban J connectivity index is 1.98. The van der Waals surface area contributed by atoms with Crippen LogP contribution in [0, 0.1) is 12.0 Å². The average Bonchev–Trinajstić information content (AvgIpc) is 2.72. The van der Waals surface area contributed by atoms with Crippen molar-refractivity contribution in [3.8, 4) is 17.7 Å². The Morgan fingerprint density at radius 2 is 1.74 bits per heavy atom. The van der Waals surface area contributed by atoms with Gasteiger partial charge in [-0.25, -0.2) is 12.7 Å². The molecule has 0 bridgehead atoms. The Bertz CT molecular complexity index is 1040. The number of nitrogens with zero attached hydrogens (tertiary/aromatic N) is 2. The van der Waals surface area contributed by atoms with Gasteiger partial charge in [-0.2, -0.15) is 0 Å². The number of hydrogen-bond donors (Lipinski definition) is 0. The van der Waals surface area contributed by atoms with Crippen LogP contribution in [0.15, 0.2) is 84.0 Å². The molecule has 6 heteroatoms. The standard InChI is InChI=1S/C21H18N2O3S/c1-26-20-9-11-21(12-10-20)27(24,25)23(17-19-6-3-2-4-7-19)15-13-18-8-5-14-22-16-18/h2-12,14,16H,17H2,1H3. The van der Waals surface area contributed by atoms with E-state index in [0.717, 1.165) is 9.87 Å². The summed E-state index contributed by atoms with van der Waals surface area (Å²) in [6, 6.07) is 21.9. The number of pyridine rings is 1. The van der Waals surface area contributed by atoms with Gasteiger partial charge in [-0.05, 0) is 47.9 Å². The van der Waals surface area contributed by atoms with Crippen LogP contribution in [-0.4, -0.2) is 24.8 Å².